The van der Waals surface area contributed by atoms with Gasteiger partial charge in [-0.1, -0.05) is 0 Å². The predicted molar refractivity (Wildman–Crippen MR) is 88.6 cm³/mol. The van der Waals surface area contributed by atoms with Crippen molar-refractivity contribution >= 4 is 11.4 Å². The first-order valence-electron chi connectivity index (χ1n) is 8.70. The maximum atomic E-state index is 12.8. The zero-order valence-corrected chi connectivity index (χ0v) is 15.6. The van der Waals surface area contributed by atoms with Gasteiger partial charge in [0.05, 0.1) is 19.2 Å². The van der Waals surface area contributed by atoms with E-state index in [-0.39, 0.29) is 10.4 Å². The van der Waals surface area contributed by atoms with Gasteiger partial charge < -0.3 is 9.29 Å². The summed E-state index contributed by atoms with van der Waals surface area (Å²) >= 11 is -1.68. The van der Waals surface area contributed by atoms with Gasteiger partial charge in [-0.3, -0.25) is 4.90 Å². The molecule has 1 aromatic rings. The molecule has 0 N–H and O–H groups in total. The number of nitriles is 1. The van der Waals surface area contributed by atoms with Crippen LogP contribution in [0.2, 0.25) is 0 Å². The molecule has 0 aromatic carbocycles. The Balaban J connectivity index is 1.37. The van der Waals surface area contributed by atoms with Crippen molar-refractivity contribution in [1.82, 2.24) is 19.0 Å². The molecule has 27 heavy (non-hydrogen) atoms. The van der Waals surface area contributed by atoms with Crippen LogP contribution in [0.3, 0.4) is 0 Å². The summed E-state index contributed by atoms with van der Waals surface area (Å²) in [5.74, 6) is 0. The summed E-state index contributed by atoms with van der Waals surface area (Å²) in [4.78, 5) is 2.17. The predicted octanol–water partition coefficient (Wildman–Crippen LogP) is 1.15. The lowest BCUT2D eigenvalue weighted by Crippen LogP contribution is -2.76. The molecule has 3 fully saturated rings. The van der Waals surface area contributed by atoms with Crippen LogP contribution in [0, 0.1) is 16.7 Å². The van der Waals surface area contributed by atoms with Gasteiger partial charge in [0.15, 0.2) is 5.69 Å². The number of halogens is 3. The quantitative estimate of drug-likeness (QED) is 0.705. The molecule has 4 rings (SSSR count). The zero-order chi connectivity index (χ0) is 19.4. The summed E-state index contributed by atoms with van der Waals surface area (Å²) in [5, 5.41) is 13.1. The van der Waals surface area contributed by atoms with Crippen LogP contribution < -0.4 is 0 Å². The molecule has 1 unspecified atom stereocenters. The van der Waals surface area contributed by atoms with E-state index in [0.29, 0.717) is 39.1 Å². The fourth-order valence-electron chi connectivity index (χ4n) is 4.18. The Hall–Kier alpha value is -1.32. The molecule has 11 heteroatoms. The van der Waals surface area contributed by atoms with Crippen molar-refractivity contribution in [3.63, 3.8) is 0 Å². The molecular formula is C16H20F3N5O2S. The van der Waals surface area contributed by atoms with Crippen LogP contribution in [0.4, 0.5) is 13.2 Å². The molecule has 148 valence electrons. The summed E-state index contributed by atoms with van der Waals surface area (Å²) in [6.07, 6.45) is -3.19. The SMILES string of the molecule is Cn1nc(C(F)(F)F)cc1[S+]([O-])N1CC2(C1)CN(C1(C#N)CCOCC1)C2. The van der Waals surface area contributed by atoms with E-state index in [2.05, 4.69) is 16.1 Å². The highest BCUT2D eigenvalue weighted by Gasteiger charge is 2.60. The molecule has 3 aliphatic rings. The van der Waals surface area contributed by atoms with Gasteiger partial charge in [-0.2, -0.15) is 23.5 Å². The highest BCUT2D eigenvalue weighted by atomic mass is 32.2. The van der Waals surface area contributed by atoms with Gasteiger partial charge in [-0.25, -0.2) is 4.68 Å². The van der Waals surface area contributed by atoms with Crippen LogP contribution in [-0.4, -0.2) is 68.5 Å². The van der Waals surface area contributed by atoms with E-state index in [1.807, 2.05) is 0 Å². The highest BCUT2D eigenvalue weighted by molar-refractivity contribution is 7.89. The first-order valence-corrected chi connectivity index (χ1v) is 9.81. The lowest BCUT2D eigenvalue weighted by Gasteiger charge is -2.62. The minimum Gasteiger partial charge on any atom is -0.592 e. The molecule has 1 spiro atoms. The number of likely N-dealkylation sites (tertiary alicyclic amines) is 1. The Labute approximate surface area is 158 Å². The molecule has 0 aliphatic carbocycles. The van der Waals surface area contributed by atoms with Gasteiger partial charge in [0.2, 0.25) is 0 Å². The first kappa shape index (κ1) is 19.0. The molecule has 0 amide bonds. The van der Waals surface area contributed by atoms with E-state index in [4.69, 9.17) is 4.74 Å². The number of aromatic nitrogens is 2. The van der Waals surface area contributed by atoms with Crippen molar-refractivity contribution in [2.75, 3.05) is 39.4 Å². The van der Waals surface area contributed by atoms with Gasteiger partial charge in [0.1, 0.15) is 16.9 Å². The van der Waals surface area contributed by atoms with Crippen molar-refractivity contribution in [2.45, 2.75) is 29.6 Å². The van der Waals surface area contributed by atoms with Crippen LogP contribution in [0.5, 0.6) is 0 Å². The maximum Gasteiger partial charge on any atom is 0.435 e. The second-order valence-electron chi connectivity index (χ2n) is 7.65. The van der Waals surface area contributed by atoms with E-state index in [0.717, 1.165) is 23.8 Å². The van der Waals surface area contributed by atoms with Crippen molar-refractivity contribution < 1.29 is 22.5 Å². The molecule has 4 heterocycles. The van der Waals surface area contributed by atoms with Crippen molar-refractivity contribution in [1.29, 1.82) is 5.26 Å². The molecule has 0 radical (unpaired) electrons. The van der Waals surface area contributed by atoms with Crippen molar-refractivity contribution in [3.8, 4) is 6.07 Å². The van der Waals surface area contributed by atoms with E-state index in [1.165, 1.54) is 7.05 Å². The van der Waals surface area contributed by atoms with Crippen LogP contribution in [0.25, 0.3) is 0 Å². The second-order valence-corrected chi connectivity index (χ2v) is 9.08. The van der Waals surface area contributed by atoms with Crippen LogP contribution in [0.1, 0.15) is 18.5 Å². The third-order valence-electron chi connectivity index (χ3n) is 5.75. The maximum absolute atomic E-state index is 12.8. The Morgan fingerprint density at radius 1 is 1.26 bits per heavy atom. The summed E-state index contributed by atoms with van der Waals surface area (Å²) in [5.41, 5.74) is -1.54. The lowest BCUT2D eigenvalue weighted by atomic mass is 9.70. The summed E-state index contributed by atoms with van der Waals surface area (Å²) in [6, 6.07) is 3.29. The average Bonchev–Trinajstić information content (AvgIpc) is 2.95. The van der Waals surface area contributed by atoms with Crippen molar-refractivity contribution in [3.05, 3.63) is 11.8 Å². The first-order chi connectivity index (χ1) is 12.7. The topological polar surface area (TPSA) is 80.4 Å². The van der Waals surface area contributed by atoms with Gasteiger partial charge in [0, 0.05) is 57.7 Å². The fraction of sp³-hybridized carbons (Fsp3) is 0.750. The van der Waals surface area contributed by atoms with E-state index < -0.39 is 28.8 Å². The van der Waals surface area contributed by atoms with Crippen molar-refractivity contribution in [2.24, 2.45) is 12.5 Å². The van der Waals surface area contributed by atoms with E-state index in [1.54, 1.807) is 4.31 Å². The number of hydrogen-bond acceptors (Lipinski definition) is 6. The molecule has 3 aliphatic heterocycles. The minimum atomic E-state index is -4.56. The molecule has 0 saturated carbocycles. The fourth-order valence-corrected chi connectivity index (χ4v) is 5.70. The Morgan fingerprint density at radius 2 is 1.89 bits per heavy atom. The summed E-state index contributed by atoms with van der Waals surface area (Å²) in [7, 11) is 1.37. The summed E-state index contributed by atoms with van der Waals surface area (Å²) < 4.78 is 59.1. The van der Waals surface area contributed by atoms with E-state index in [9.17, 15) is 23.0 Å². The third-order valence-corrected chi connectivity index (χ3v) is 7.22. The number of ether oxygens (including phenoxy) is 1. The van der Waals surface area contributed by atoms with Gasteiger partial charge in [-0.05, 0) is 0 Å². The monoisotopic (exact) mass is 403 g/mol. The Kier molecular flexibility index (Phi) is 4.47. The molecule has 1 aromatic heterocycles. The van der Waals surface area contributed by atoms with Crippen LogP contribution in [0.15, 0.2) is 11.1 Å². The highest BCUT2D eigenvalue weighted by Crippen LogP contribution is 2.47. The minimum absolute atomic E-state index is 0.0245. The Morgan fingerprint density at radius 3 is 2.41 bits per heavy atom. The lowest BCUT2D eigenvalue weighted by molar-refractivity contribution is -0.141. The standard InChI is InChI=1S/C16H20F3N5O2S/c1-22-13(6-12(21-22)16(17,18)19)27(25)24-10-14(11-24)8-23(9-14)15(7-20)2-4-26-5-3-15/h6H,2-5,8-11H2,1H3. The number of nitrogens with zero attached hydrogens (tertiary/aromatic N) is 5. The molecule has 3 saturated heterocycles. The van der Waals surface area contributed by atoms with Crippen LogP contribution >= 0.6 is 0 Å². The molecular weight excluding hydrogens is 383 g/mol. The van der Waals surface area contributed by atoms with Gasteiger partial charge in [0.25, 0.3) is 5.03 Å². The average molecular weight is 403 g/mol. The zero-order valence-electron chi connectivity index (χ0n) is 14.8. The normalized spacial score (nSPS) is 26.2. The number of aryl methyl sites for hydroxylation is 1. The van der Waals surface area contributed by atoms with Crippen LogP contribution in [-0.2, 0) is 29.3 Å². The molecule has 0 bridgehead atoms. The van der Waals surface area contributed by atoms with Gasteiger partial charge >= 0.3 is 6.18 Å². The number of hydrogen-bond donors (Lipinski definition) is 0. The molecule has 1 atom stereocenters. The number of alkyl halides is 3. The third kappa shape index (κ3) is 3.13. The van der Waals surface area contributed by atoms with Gasteiger partial charge in [-0.15, -0.1) is 4.31 Å². The smallest absolute Gasteiger partial charge is 0.435 e. The van der Waals surface area contributed by atoms with E-state index >= 15 is 0 Å². The summed E-state index contributed by atoms with van der Waals surface area (Å²) in [6.45, 7) is 3.73. The Bertz CT molecular complexity index is 757. The molecule has 7 nitrogen and oxygen atoms in total. The number of rotatable bonds is 3. The largest absolute Gasteiger partial charge is 0.592 e. The second kappa shape index (κ2) is 6.35.